The highest BCUT2D eigenvalue weighted by Gasteiger charge is 2.10. The zero-order valence-corrected chi connectivity index (χ0v) is 7.91. The van der Waals surface area contributed by atoms with Crippen LogP contribution in [-0.4, -0.2) is 11.1 Å². The number of hydrogen-bond donors (Lipinski definition) is 3. The molecule has 14 heavy (non-hydrogen) atoms. The Hall–Kier alpha value is -1.46. The molecule has 0 aliphatic carbocycles. The minimum absolute atomic E-state index is 0.0708. The lowest BCUT2D eigenvalue weighted by Gasteiger charge is -1.90. The first-order chi connectivity index (χ1) is 6.70. The fourth-order valence-corrected chi connectivity index (χ4v) is 1.38. The quantitative estimate of drug-likeness (QED) is 0.381. The summed E-state index contributed by atoms with van der Waals surface area (Å²) in [6.07, 6.45) is 0. The van der Waals surface area contributed by atoms with Gasteiger partial charge in [0.1, 0.15) is 5.58 Å². The highest BCUT2D eigenvalue weighted by Crippen LogP contribution is 2.21. The lowest BCUT2D eigenvalue weighted by Crippen LogP contribution is -2.17. The normalized spacial score (nSPS) is 10.4. The number of hydroxylamine groups is 1. The maximum Gasteiger partial charge on any atom is 0.310 e. The Kier molecular flexibility index (Phi) is 2.18. The van der Waals surface area contributed by atoms with Gasteiger partial charge in [-0.15, -0.1) is 12.6 Å². The number of carbonyl (C=O) groups excluding carboxylic acids is 1. The van der Waals surface area contributed by atoms with Gasteiger partial charge >= 0.3 is 5.91 Å². The Labute approximate surface area is 84.9 Å². The zero-order valence-electron chi connectivity index (χ0n) is 7.02. The van der Waals surface area contributed by atoms with Crippen LogP contribution in [-0.2, 0) is 0 Å². The summed E-state index contributed by atoms with van der Waals surface area (Å²) in [5, 5.41) is 9.19. The van der Waals surface area contributed by atoms with Gasteiger partial charge in [-0.25, -0.2) is 5.48 Å². The van der Waals surface area contributed by atoms with Crippen molar-refractivity contribution in [3.63, 3.8) is 0 Å². The molecule has 1 aromatic carbocycles. The summed E-state index contributed by atoms with van der Waals surface area (Å²) in [7, 11) is 0. The maximum absolute atomic E-state index is 11.0. The Bertz CT molecular complexity index is 492. The van der Waals surface area contributed by atoms with Crippen LogP contribution >= 0.6 is 12.6 Å². The Morgan fingerprint density at radius 1 is 1.43 bits per heavy atom. The average molecular weight is 209 g/mol. The van der Waals surface area contributed by atoms with Gasteiger partial charge in [0.15, 0.2) is 5.76 Å². The first-order valence-electron chi connectivity index (χ1n) is 3.87. The molecule has 0 aliphatic heterocycles. The van der Waals surface area contributed by atoms with Crippen molar-refractivity contribution in [2.75, 3.05) is 0 Å². The Morgan fingerprint density at radius 2 is 2.21 bits per heavy atom. The molecule has 0 aliphatic rings. The number of rotatable bonds is 1. The molecule has 2 aromatic rings. The molecule has 0 saturated carbocycles. The van der Waals surface area contributed by atoms with Gasteiger partial charge in [-0.3, -0.25) is 10.0 Å². The summed E-state index contributed by atoms with van der Waals surface area (Å²) in [6.45, 7) is 0. The summed E-state index contributed by atoms with van der Waals surface area (Å²) in [4.78, 5) is 11.7. The molecule has 1 aromatic heterocycles. The van der Waals surface area contributed by atoms with E-state index in [1.807, 2.05) is 0 Å². The number of fused-ring (bicyclic) bond motifs is 1. The Balaban J connectivity index is 2.56. The summed E-state index contributed by atoms with van der Waals surface area (Å²) in [6, 6.07) is 6.83. The third kappa shape index (κ3) is 1.47. The fraction of sp³-hybridized carbons (Fsp3) is 0. The van der Waals surface area contributed by atoms with Crippen LogP contribution in [0.2, 0.25) is 0 Å². The van der Waals surface area contributed by atoms with Crippen LogP contribution in [0.5, 0.6) is 0 Å². The molecule has 1 heterocycles. The second-order valence-electron chi connectivity index (χ2n) is 2.77. The first-order valence-corrected chi connectivity index (χ1v) is 4.32. The second-order valence-corrected chi connectivity index (χ2v) is 3.29. The molecule has 2 N–H and O–H groups in total. The summed E-state index contributed by atoms with van der Waals surface area (Å²) >= 11 is 4.13. The molecule has 5 heteroatoms. The van der Waals surface area contributed by atoms with E-state index >= 15 is 0 Å². The van der Waals surface area contributed by atoms with E-state index in [2.05, 4.69) is 12.6 Å². The molecule has 0 bridgehead atoms. The van der Waals surface area contributed by atoms with Crippen molar-refractivity contribution in [1.82, 2.24) is 5.48 Å². The van der Waals surface area contributed by atoms with Gasteiger partial charge in [-0.2, -0.15) is 0 Å². The topological polar surface area (TPSA) is 62.5 Å². The van der Waals surface area contributed by atoms with Crippen molar-refractivity contribution >= 4 is 29.5 Å². The summed E-state index contributed by atoms with van der Waals surface area (Å²) < 4.78 is 5.18. The van der Waals surface area contributed by atoms with E-state index in [0.29, 0.717) is 5.58 Å². The van der Waals surface area contributed by atoms with Gasteiger partial charge in [-0.1, -0.05) is 0 Å². The van der Waals surface area contributed by atoms with E-state index in [1.54, 1.807) is 24.3 Å². The molecule has 0 spiro atoms. The van der Waals surface area contributed by atoms with Crippen molar-refractivity contribution in [1.29, 1.82) is 0 Å². The van der Waals surface area contributed by atoms with E-state index in [0.717, 1.165) is 10.3 Å². The fourth-order valence-electron chi connectivity index (χ4n) is 1.19. The molecule has 0 fully saturated rings. The van der Waals surface area contributed by atoms with Crippen LogP contribution in [0.3, 0.4) is 0 Å². The standard InChI is InChI=1S/C9H7NO3S/c11-9(10-12)8-3-5-1-2-6(14)4-7(5)13-8/h1-4,12,14H,(H,10,11). The van der Waals surface area contributed by atoms with Crippen LogP contribution < -0.4 is 5.48 Å². The van der Waals surface area contributed by atoms with Crippen LogP contribution in [0.15, 0.2) is 33.6 Å². The number of hydrogen-bond acceptors (Lipinski definition) is 4. The summed E-state index contributed by atoms with van der Waals surface area (Å²) in [5.74, 6) is -0.594. The minimum Gasteiger partial charge on any atom is -0.451 e. The van der Waals surface area contributed by atoms with Crippen molar-refractivity contribution in [3.8, 4) is 0 Å². The molecular weight excluding hydrogens is 202 g/mol. The number of furan rings is 1. The van der Waals surface area contributed by atoms with E-state index in [4.69, 9.17) is 9.62 Å². The smallest absolute Gasteiger partial charge is 0.310 e. The molecule has 0 radical (unpaired) electrons. The van der Waals surface area contributed by atoms with Gasteiger partial charge < -0.3 is 4.42 Å². The number of benzene rings is 1. The van der Waals surface area contributed by atoms with Crippen LogP contribution in [0.25, 0.3) is 11.0 Å². The van der Waals surface area contributed by atoms with E-state index in [1.165, 1.54) is 5.48 Å². The maximum atomic E-state index is 11.0. The van der Waals surface area contributed by atoms with Gasteiger partial charge in [0.05, 0.1) is 0 Å². The Morgan fingerprint density at radius 3 is 2.93 bits per heavy atom. The largest absolute Gasteiger partial charge is 0.451 e. The second kappa shape index (κ2) is 3.36. The van der Waals surface area contributed by atoms with Crippen LogP contribution in [0.1, 0.15) is 10.6 Å². The molecule has 0 atom stereocenters. The predicted molar refractivity (Wildman–Crippen MR) is 52.7 cm³/mol. The van der Waals surface area contributed by atoms with E-state index in [-0.39, 0.29) is 5.76 Å². The number of nitrogens with one attached hydrogen (secondary N) is 1. The van der Waals surface area contributed by atoms with Crippen molar-refractivity contribution < 1.29 is 14.4 Å². The lowest BCUT2D eigenvalue weighted by molar-refractivity contribution is 0.0678. The van der Waals surface area contributed by atoms with E-state index in [9.17, 15) is 4.79 Å². The molecule has 0 unspecified atom stereocenters. The molecule has 1 amide bonds. The average Bonchev–Trinajstić information content (AvgIpc) is 2.59. The van der Waals surface area contributed by atoms with Crippen molar-refractivity contribution in [3.05, 3.63) is 30.0 Å². The molecular formula is C9H7NO3S. The van der Waals surface area contributed by atoms with Crippen molar-refractivity contribution in [2.45, 2.75) is 4.90 Å². The van der Waals surface area contributed by atoms with Gasteiger partial charge in [0.2, 0.25) is 0 Å². The lowest BCUT2D eigenvalue weighted by atomic mass is 10.2. The van der Waals surface area contributed by atoms with Gasteiger partial charge in [0.25, 0.3) is 0 Å². The zero-order chi connectivity index (χ0) is 10.1. The van der Waals surface area contributed by atoms with Crippen LogP contribution in [0.4, 0.5) is 0 Å². The predicted octanol–water partition coefficient (Wildman–Crippen LogP) is 1.84. The highest BCUT2D eigenvalue weighted by atomic mass is 32.1. The summed E-state index contributed by atoms with van der Waals surface area (Å²) in [5.41, 5.74) is 2.07. The molecule has 72 valence electrons. The van der Waals surface area contributed by atoms with Crippen LogP contribution in [0, 0.1) is 0 Å². The number of thiol groups is 1. The third-order valence-corrected chi connectivity index (χ3v) is 2.11. The van der Waals surface area contributed by atoms with Gasteiger partial charge in [-0.05, 0) is 24.3 Å². The first kappa shape index (κ1) is 9.11. The monoisotopic (exact) mass is 209 g/mol. The minimum atomic E-state index is -0.665. The SMILES string of the molecule is O=C(NO)c1cc2ccc(S)cc2o1. The third-order valence-electron chi connectivity index (χ3n) is 1.83. The van der Waals surface area contributed by atoms with Gasteiger partial charge in [0, 0.05) is 10.3 Å². The number of amides is 1. The molecule has 2 rings (SSSR count). The number of carbonyl (C=O) groups is 1. The molecule has 0 saturated heterocycles. The van der Waals surface area contributed by atoms with Crippen molar-refractivity contribution in [2.24, 2.45) is 0 Å². The molecule has 4 nitrogen and oxygen atoms in total. The van der Waals surface area contributed by atoms with E-state index < -0.39 is 5.91 Å². The highest BCUT2D eigenvalue weighted by molar-refractivity contribution is 7.80.